The molecule has 1 radical (unpaired) electrons. The van der Waals surface area contributed by atoms with Crippen molar-refractivity contribution in [2.75, 3.05) is 20.8 Å². The maximum Gasteiger partial charge on any atom is 0.170 e. The van der Waals surface area contributed by atoms with Crippen molar-refractivity contribution in [3.63, 3.8) is 0 Å². The summed E-state index contributed by atoms with van der Waals surface area (Å²) in [5, 5.41) is 12.0. The minimum Gasteiger partial charge on any atom is -0.497 e. The Kier molecular flexibility index (Phi) is 7.32. The Morgan fingerprint density at radius 3 is 1.87 bits per heavy atom. The Balaban J connectivity index is 2.03. The van der Waals surface area contributed by atoms with E-state index >= 15 is 0 Å². The molecular weight excluding hydrogens is 392 g/mol. The Morgan fingerprint density at radius 2 is 1.39 bits per heavy atom. The first kappa shape index (κ1) is 22.4. The minimum atomic E-state index is -1.45. The van der Waals surface area contributed by atoms with Crippen LogP contribution in [0, 0.1) is 6.92 Å². The van der Waals surface area contributed by atoms with Gasteiger partial charge in [0, 0.05) is 6.42 Å². The van der Waals surface area contributed by atoms with Gasteiger partial charge in [0.05, 0.1) is 14.2 Å². The quantitative estimate of drug-likeness (QED) is 0.489. The zero-order chi connectivity index (χ0) is 22.3. The average molecular weight is 419 g/mol. The van der Waals surface area contributed by atoms with E-state index in [2.05, 4.69) is 6.92 Å². The van der Waals surface area contributed by atoms with Crippen LogP contribution in [0.5, 0.6) is 17.2 Å². The van der Waals surface area contributed by atoms with Crippen LogP contribution >= 0.6 is 0 Å². The third-order valence-electron chi connectivity index (χ3n) is 5.12. The monoisotopic (exact) mass is 419 g/mol. The van der Waals surface area contributed by atoms with Gasteiger partial charge in [0.25, 0.3) is 0 Å². The van der Waals surface area contributed by atoms with Crippen LogP contribution in [0.2, 0.25) is 0 Å². The summed E-state index contributed by atoms with van der Waals surface area (Å²) in [7, 11) is 3.20. The lowest BCUT2D eigenvalue weighted by Gasteiger charge is -2.30. The Morgan fingerprint density at radius 1 is 0.839 bits per heavy atom. The molecule has 0 saturated carbocycles. The molecule has 3 aromatic rings. The molecule has 0 unspecified atom stereocenters. The highest BCUT2D eigenvalue weighted by molar-refractivity contribution is 5.79. The fourth-order valence-electron chi connectivity index (χ4n) is 3.41. The van der Waals surface area contributed by atoms with Crippen molar-refractivity contribution in [2.24, 2.45) is 0 Å². The number of Topliss-reactive ketones (excluding diaryl/α,β-unsaturated/α-hetero) is 1. The summed E-state index contributed by atoms with van der Waals surface area (Å²) in [6, 6.07) is 21.7. The van der Waals surface area contributed by atoms with Crippen molar-refractivity contribution in [1.82, 2.24) is 0 Å². The summed E-state index contributed by atoms with van der Waals surface area (Å²) < 4.78 is 16.2. The number of carbonyl (C=O) groups is 1. The van der Waals surface area contributed by atoms with E-state index in [1.165, 1.54) is 0 Å². The van der Waals surface area contributed by atoms with E-state index in [-0.39, 0.29) is 12.4 Å². The van der Waals surface area contributed by atoms with E-state index in [4.69, 9.17) is 14.2 Å². The molecule has 0 bridgehead atoms. The van der Waals surface area contributed by atoms with Crippen LogP contribution in [-0.2, 0) is 10.4 Å². The highest BCUT2D eigenvalue weighted by atomic mass is 16.5. The van der Waals surface area contributed by atoms with E-state index < -0.39 is 5.60 Å². The maximum atomic E-state index is 12.0. The average Bonchev–Trinajstić information content (AvgIpc) is 2.82. The van der Waals surface area contributed by atoms with Gasteiger partial charge >= 0.3 is 0 Å². The first-order chi connectivity index (χ1) is 15.0. The SMILES string of the molecule is [CH2]CCC(=O)COc1cccc(C(O)(c2ccc(OC)cc2)c2ccc(OC)cc2)c1. The number of hydrogen-bond acceptors (Lipinski definition) is 5. The number of carbonyl (C=O) groups excluding carboxylic acids is 1. The van der Waals surface area contributed by atoms with E-state index in [1.54, 1.807) is 32.4 Å². The normalized spacial score (nSPS) is 11.1. The third-order valence-corrected chi connectivity index (χ3v) is 5.12. The maximum absolute atomic E-state index is 12.0. The van der Waals surface area contributed by atoms with E-state index in [0.29, 0.717) is 46.8 Å². The zero-order valence-corrected chi connectivity index (χ0v) is 17.8. The molecule has 0 aliphatic carbocycles. The number of ether oxygens (including phenoxy) is 3. The van der Waals surface area contributed by atoms with Gasteiger partial charge in [0.1, 0.15) is 29.5 Å². The van der Waals surface area contributed by atoms with Crippen molar-refractivity contribution in [3.8, 4) is 17.2 Å². The van der Waals surface area contributed by atoms with Gasteiger partial charge in [-0.1, -0.05) is 43.3 Å². The fourth-order valence-corrected chi connectivity index (χ4v) is 3.41. The van der Waals surface area contributed by atoms with Gasteiger partial charge in [-0.15, -0.1) is 0 Å². The van der Waals surface area contributed by atoms with Crippen LogP contribution in [-0.4, -0.2) is 31.7 Å². The highest BCUT2D eigenvalue weighted by Gasteiger charge is 2.34. The number of rotatable bonds is 10. The first-order valence-electron chi connectivity index (χ1n) is 10.1. The molecule has 161 valence electrons. The predicted octanol–water partition coefficient (Wildman–Crippen LogP) is 4.55. The molecule has 0 aliphatic heterocycles. The lowest BCUT2D eigenvalue weighted by Crippen LogP contribution is -2.29. The van der Waals surface area contributed by atoms with Crippen molar-refractivity contribution < 1.29 is 24.1 Å². The Labute approximate surface area is 183 Å². The molecule has 0 fully saturated rings. The minimum absolute atomic E-state index is 0.0130. The van der Waals surface area contributed by atoms with Crippen molar-refractivity contribution >= 4 is 5.78 Å². The van der Waals surface area contributed by atoms with Gasteiger partial charge in [-0.05, 0) is 59.5 Å². The molecule has 0 aromatic heterocycles. The van der Waals surface area contributed by atoms with Gasteiger partial charge in [-0.25, -0.2) is 0 Å². The molecule has 0 heterocycles. The highest BCUT2D eigenvalue weighted by Crippen LogP contribution is 2.39. The molecule has 0 spiro atoms. The molecule has 0 amide bonds. The number of benzene rings is 3. The number of ketones is 1. The van der Waals surface area contributed by atoms with Gasteiger partial charge in [0.15, 0.2) is 5.78 Å². The van der Waals surface area contributed by atoms with Crippen LogP contribution in [0.1, 0.15) is 29.5 Å². The summed E-state index contributed by atoms with van der Waals surface area (Å²) in [4.78, 5) is 11.8. The predicted molar refractivity (Wildman–Crippen MR) is 120 cm³/mol. The molecule has 0 aliphatic rings. The number of methoxy groups -OCH3 is 2. The molecule has 5 nitrogen and oxygen atoms in total. The second-order valence-electron chi connectivity index (χ2n) is 7.13. The molecule has 0 saturated heterocycles. The molecule has 5 heteroatoms. The molecule has 1 N–H and O–H groups in total. The fraction of sp³-hybridized carbons (Fsp3) is 0.231. The molecular formula is C26H27O5. The second-order valence-corrected chi connectivity index (χ2v) is 7.13. The lowest BCUT2D eigenvalue weighted by atomic mass is 9.80. The van der Waals surface area contributed by atoms with Crippen molar-refractivity contribution in [2.45, 2.75) is 18.4 Å². The standard InChI is InChI=1S/C26H27O5/c1-4-6-22(27)18-31-25-8-5-7-21(17-25)26(28,19-9-13-23(29-2)14-10-19)20-11-15-24(30-3)16-12-20/h5,7-17,28H,1,4,6,18H2,2-3H3. The lowest BCUT2D eigenvalue weighted by molar-refractivity contribution is -0.120. The summed E-state index contributed by atoms with van der Waals surface area (Å²) in [5.41, 5.74) is 0.507. The van der Waals surface area contributed by atoms with E-state index in [1.807, 2.05) is 54.6 Å². The first-order valence-corrected chi connectivity index (χ1v) is 10.1. The second kappa shape index (κ2) is 10.1. The molecule has 3 rings (SSSR count). The third kappa shape index (κ3) is 5.06. The Bertz CT molecular complexity index is 946. The van der Waals surface area contributed by atoms with Gasteiger partial charge < -0.3 is 19.3 Å². The van der Waals surface area contributed by atoms with Gasteiger partial charge in [0.2, 0.25) is 0 Å². The van der Waals surface area contributed by atoms with Gasteiger partial charge in [-0.3, -0.25) is 4.79 Å². The van der Waals surface area contributed by atoms with E-state index in [9.17, 15) is 9.90 Å². The number of hydrogen-bond donors (Lipinski definition) is 1. The molecule has 3 aromatic carbocycles. The zero-order valence-electron chi connectivity index (χ0n) is 17.8. The summed E-state index contributed by atoms with van der Waals surface area (Å²) >= 11 is 0. The van der Waals surface area contributed by atoms with E-state index in [0.717, 1.165) is 0 Å². The van der Waals surface area contributed by atoms with Crippen molar-refractivity contribution in [1.29, 1.82) is 0 Å². The summed E-state index contributed by atoms with van der Waals surface area (Å²) in [6.45, 7) is 3.67. The van der Waals surface area contributed by atoms with Crippen LogP contribution in [0.15, 0.2) is 72.8 Å². The molecule has 31 heavy (non-hydrogen) atoms. The van der Waals surface area contributed by atoms with Gasteiger partial charge in [-0.2, -0.15) is 0 Å². The number of aliphatic hydroxyl groups is 1. The topological polar surface area (TPSA) is 65.0 Å². The summed E-state index contributed by atoms with van der Waals surface area (Å²) in [6.07, 6.45) is 0.915. The smallest absolute Gasteiger partial charge is 0.170 e. The Hall–Kier alpha value is -3.31. The summed E-state index contributed by atoms with van der Waals surface area (Å²) in [5.74, 6) is 1.89. The van der Waals surface area contributed by atoms with Crippen LogP contribution in [0.3, 0.4) is 0 Å². The van der Waals surface area contributed by atoms with Crippen LogP contribution in [0.25, 0.3) is 0 Å². The van der Waals surface area contributed by atoms with Crippen LogP contribution < -0.4 is 14.2 Å². The van der Waals surface area contributed by atoms with Crippen molar-refractivity contribution in [3.05, 3.63) is 96.4 Å². The van der Waals surface area contributed by atoms with Crippen LogP contribution in [0.4, 0.5) is 0 Å². The largest absolute Gasteiger partial charge is 0.497 e. The molecule has 0 atom stereocenters.